The smallest absolute Gasteiger partial charge is 0.194 e. The van der Waals surface area contributed by atoms with Gasteiger partial charge in [0.25, 0.3) is 0 Å². The van der Waals surface area contributed by atoms with Gasteiger partial charge < -0.3 is 14.6 Å². The van der Waals surface area contributed by atoms with Crippen molar-refractivity contribution >= 4 is 5.96 Å². The number of furan rings is 1. The van der Waals surface area contributed by atoms with Crippen LogP contribution in [0.25, 0.3) is 0 Å². The van der Waals surface area contributed by atoms with Crippen LogP contribution >= 0.6 is 0 Å². The van der Waals surface area contributed by atoms with Crippen molar-refractivity contribution in [2.75, 3.05) is 19.6 Å². The van der Waals surface area contributed by atoms with E-state index in [1.165, 1.54) is 0 Å². The van der Waals surface area contributed by atoms with E-state index in [0.717, 1.165) is 36.8 Å². The molecular formula is C18H29N3O. The summed E-state index contributed by atoms with van der Waals surface area (Å²) in [6.45, 7) is 17.6. The highest BCUT2D eigenvalue weighted by Crippen LogP contribution is 2.46. The topological polar surface area (TPSA) is 40.8 Å². The number of aliphatic imine (C=N–C) groups is 1. The van der Waals surface area contributed by atoms with Gasteiger partial charge in [0.15, 0.2) is 5.96 Å². The van der Waals surface area contributed by atoms with Crippen LogP contribution in [-0.4, -0.2) is 36.0 Å². The number of guanidine groups is 1. The van der Waals surface area contributed by atoms with Crippen LogP contribution in [0.4, 0.5) is 0 Å². The predicted molar refractivity (Wildman–Crippen MR) is 92.1 cm³/mol. The maximum atomic E-state index is 5.38. The molecule has 0 unspecified atom stereocenters. The number of nitrogens with one attached hydrogen (secondary N) is 1. The van der Waals surface area contributed by atoms with E-state index in [4.69, 9.17) is 9.41 Å². The van der Waals surface area contributed by atoms with Crippen molar-refractivity contribution in [1.82, 2.24) is 10.2 Å². The van der Waals surface area contributed by atoms with E-state index >= 15 is 0 Å². The second-order valence-corrected chi connectivity index (χ2v) is 7.38. The fraction of sp³-hybridized carbons (Fsp3) is 0.611. The maximum absolute atomic E-state index is 5.38. The van der Waals surface area contributed by atoms with Crippen molar-refractivity contribution in [1.29, 1.82) is 0 Å². The number of likely N-dealkylation sites (tertiary alicyclic amines) is 1. The van der Waals surface area contributed by atoms with Gasteiger partial charge in [-0.25, -0.2) is 4.99 Å². The summed E-state index contributed by atoms with van der Waals surface area (Å²) < 4.78 is 5.38. The predicted octanol–water partition coefficient (Wildman–Crippen LogP) is 3.46. The number of nitrogens with zero attached hydrogens (tertiary/aromatic N) is 2. The molecule has 1 saturated heterocycles. The first-order valence-electron chi connectivity index (χ1n) is 7.97. The highest BCUT2D eigenvalue weighted by atomic mass is 16.3. The molecule has 0 aliphatic carbocycles. The van der Waals surface area contributed by atoms with Gasteiger partial charge in [0.1, 0.15) is 5.76 Å². The van der Waals surface area contributed by atoms with E-state index in [2.05, 4.69) is 44.5 Å². The van der Waals surface area contributed by atoms with Crippen molar-refractivity contribution < 1.29 is 4.42 Å². The summed E-state index contributed by atoms with van der Waals surface area (Å²) in [5.41, 5.74) is 1.46. The van der Waals surface area contributed by atoms with E-state index in [-0.39, 0.29) is 5.54 Å². The second kappa shape index (κ2) is 6.19. The zero-order valence-corrected chi connectivity index (χ0v) is 14.6. The van der Waals surface area contributed by atoms with Gasteiger partial charge in [-0.2, -0.15) is 0 Å². The molecule has 2 rings (SSSR count). The Morgan fingerprint density at radius 3 is 2.64 bits per heavy atom. The van der Waals surface area contributed by atoms with Crippen LogP contribution in [0.3, 0.4) is 0 Å². The lowest BCUT2D eigenvalue weighted by Crippen LogP contribution is -2.72. The van der Waals surface area contributed by atoms with Gasteiger partial charge >= 0.3 is 0 Å². The summed E-state index contributed by atoms with van der Waals surface area (Å²) >= 11 is 0. The summed E-state index contributed by atoms with van der Waals surface area (Å²) in [6, 6.07) is 3.93. The van der Waals surface area contributed by atoms with Crippen molar-refractivity contribution in [2.24, 2.45) is 10.4 Å². The quantitative estimate of drug-likeness (QED) is 0.514. The van der Waals surface area contributed by atoms with Gasteiger partial charge in [0.2, 0.25) is 0 Å². The Kier molecular flexibility index (Phi) is 4.69. The molecular weight excluding hydrogens is 274 g/mol. The van der Waals surface area contributed by atoms with E-state index in [0.29, 0.717) is 12.0 Å². The molecule has 1 fully saturated rings. The normalized spacial score (nSPS) is 19.7. The third-order valence-corrected chi connectivity index (χ3v) is 4.87. The Hall–Kier alpha value is -1.71. The maximum Gasteiger partial charge on any atom is 0.194 e. The molecule has 0 spiro atoms. The Bertz CT molecular complexity index is 541. The van der Waals surface area contributed by atoms with Crippen molar-refractivity contribution in [3.05, 3.63) is 36.3 Å². The van der Waals surface area contributed by atoms with Gasteiger partial charge in [0, 0.05) is 30.5 Å². The molecule has 1 aromatic rings. The number of rotatable bonds is 5. The lowest BCUT2D eigenvalue weighted by atomic mass is 9.65. The van der Waals surface area contributed by atoms with Crippen LogP contribution in [0.15, 0.2) is 40.0 Å². The lowest BCUT2D eigenvalue weighted by molar-refractivity contribution is -0.0667. The Labute approximate surface area is 134 Å². The summed E-state index contributed by atoms with van der Waals surface area (Å²) in [4.78, 5) is 7.09. The molecule has 0 aromatic carbocycles. The molecule has 0 saturated carbocycles. The highest BCUT2D eigenvalue weighted by Gasteiger charge is 2.53. The fourth-order valence-electron chi connectivity index (χ4n) is 2.60. The number of hydrogen-bond donors (Lipinski definition) is 1. The highest BCUT2D eigenvalue weighted by molar-refractivity contribution is 5.82. The summed E-state index contributed by atoms with van der Waals surface area (Å²) in [5.74, 6) is 1.97. The minimum Gasteiger partial charge on any atom is -0.469 e. The molecule has 0 atom stereocenters. The minimum absolute atomic E-state index is 0.0958. The minimum atomic E-state index is 0.0958. The zero-order valence-electron chi connectivity index (χ0n) is 14.6. The third-order valence-electron chi connectivity index (χ3n) is 4.87. The summed E-state index contributed by atoms with van der Waals surface area (Å²) in [5, 5.41) is 3.48. The van der Waals surface area contributed by atoms with Crippen LogP contribution < -0.4 is 5.32 Å². The molecule has 122 valence electrons. The fourth-order valence-corrected chi connectivity index (χ4v) is 2.60. The summed E-state index contributed by atoms with van der Waals surface area (Å²) in [7, 11) is 0. The Morgan fingerprint density at radius 2 is 2.14 bits per heavy atom. The molecule has 0 bridgehead atoms. The average molecular weight is 303 g/mol. The summed E-state index contributed by atoms with van der Waals surface area (Å²) in [6.07, 6.45) is 2.57. The van der Waals surface area contributed by atoms with Crippen LogP contribution in [0, 0.1) is 5.41 Å². The van der Waals surface area contributed by atoms with E-state index < -0.39 is 0 Å². The molecule has 4 heteroatoms. The molecule has 1 aliphatic heterocycles. The SMILES string of the molecule is C=C(C)CN=C(NCCc1ccco1)N1CC(C)(C)C1(C)C. The zero-order chi connectivity index (χ0) is 16.4. The monoisotopic (exact) mass is 303 g/mol. The van der Waals surface area contributed by atoms with Crippen molar-refractivity contribution in [3.63, 3.8) is 0 Å². The molecule has 2 heterocycles. The standard InChI is InChI=1S/C18H29N3O/c1-14(2)12-20-16(19-10-9-15-8-7-11-22-15)21-13-17(3,4)18(21,5)6/h7-8,11H,1,9-10,12-13H2,2-6H3,(H,19,20). The number of hydrogen-bond acceptors (Lipinski definition) is 2. The van der Waals surface area contributed by atoms with Crippen molar-refractivity contribution in [3.8, 4) is 0 Å². The van der Waals surface area contributed by atoms with Gasteiger partial charge in [-0.15, -0.1) is 0 Å². The van der Waals surface area contributed by atoms with Crippen molar-refractivity contribution in [2.45, 2.75) is 46.6 Å². The molecule has 0 amide bonds. The second-order valence-electron chi connectivity index (χ2n) is 7.38. The van der Waals surface area contributed by atoms with E-state index in [1.807, 2.05) is 19.1 Å². The van der Waals surface area contributed by atoms with Gasteiger partial charge in [-0.3, -0.25) is 0 Å². The largest absolute Gasteiger partial charge is 0.469 e. The molecule has 1 aliphatic rings. The molecule has 0 radical (unpaired) electrons. The molecule has 22 heavy (non-hydrogen) atoms. The average Bonchev–Trinajstić information content (AvgIpc) is 2.93. The van der Waals surface area contributed by atoms with Crippen LogP contribution in [0.5, 0.6) is 0 Å². The van der Waals surface area contributed by atoms with Gasteiger partial charge in [-0.1, -0.05) is 26.0 Å². The Morgan fingerprint density at radius 1 is 1.41 bits per heavy atom. The Balaban J connectivity index is 2.01. The van der Waals surface area contributed by atoms with Gasteiger partial charge in [0.05, 0.1) is 12.8 Å². The lowest BCUT2D eigenvalue weighted by Gasteiger charge is -2.62. The first-order valence-corrected chi connectivity index (χ1v) is 7.97. The van der Waals surface area contributed by atoms with Crippen LogP contribution in [-0.2, 0) is 6.42 Å². The first-order chi connectivity index (χ1) is 10.2. The molecule has 1 aromatic heterocycles. The first kappa shape index (κ1) is 16.7. The third kappa shape index (κ3) is 3.37. The van der Waals surface area contributed by atoms with E-state index in [1.54, 1.807) is 6.26 Å². The van der Waals surface area contributed by atoms with Crippen LogP contribution in [0.2, 0.25) is 0 Å². The molecule has 1 N–H and O–H groups in total. The van der Waals surface area contributed by atoms with Gasteiger partial charge in [-0.05, 0) is 32.9 Å². The van der Waals surface area contributed by atoms with E-state index in [9.17, 15) is 0 Å². The van der Waals surface area contributed by atoms with Crippen LogP contribution in [0.1, 0.15) is 40.4 Å². The molecule has 4 nitrogen and oxygen atoms in total.